The Morgan fingerprint density at radius 1 is 0.914 bits per heavy atom. The van der Waals surface area contributed by atoms with Crippen LogP contribution in [-0.2, 0) is 22.3 Å². The highest BCUT2D eigenvalue weighted by Crippen LogP contribution is 2.27. The zero-order valence-corrected chi connectivity index (χ0v) is 19.5. The average Bonchev–Trinajstić information content (AvgIpc) is 3.25. The lowest BCUT2D eigenvalue weighted by Crippen LogP contribution is -2.25. The van der Waals surface area contributed by atoms with Gasteiger partial charge in [-0.3, -0.25) is 14.7 Å². The first-order valence-electron chi connectivity index (χ1n) is 10.0. The summed E-state index contributed by atoms with van der Waals surface area (Å²) in [6, 6.07) is 15.9. The Bertz CT molecular complexity index is 1440. The number of thioether (sulfide) groups is 1. The van der Waals surface area contributed by atoms with Gasteiger partial charge in [-0.1, -0.05) is 23.9 Å². The fourth-order valence-electron chi connectivity index (χ4n) is 3.08. The molecule has 0 aliphatic rings. The van der Waals surface area contributed by atoms with E-state index in [2.05, 4.69) is 14.9 Å². The molecule has 35 heavy (non-hydrogen) atoms. The second kappa shape index (κ2) is 10.3. The highest BCUT2D eigenvalue weighted by atomic mass is 32.2. The van der Waals surface area contributed by atoms with Crippen molar-refractivity contribution < 1.29 is 22.1 Å². The quantitative estimate of drug-likeness (QED) is 0.200. The number of nitro groups is 1. The topological polar surface area (TPSA) is 120 Å². The third kappa shape index (κ3) is 5.88. The number of non-ortho nitro benzene ring substituents is 1. The maximum atomic E-state index is 13.2. The first-order chi connectivity index (χ1) is 16.7. The molecule has 4 rings (SSSR count). The third-order valence-corrected chi connectivity index (χ3v) is 7.26. The predicted octanol–water partition coefficient (Wildman–Crippen LogP) is 4.22. The predicted molar refractivity (Wildman–Crippen MR) is 124 cm³/mol. The molecule has 0 amide bonds. The van der Waals surface area contributed by atoms with E-state index in [1.165, 1.54) is 48.2 Å². The second-order valence-electron chi connectivity index (χ2n) is 7.20. The van der Waals surface area contributed by atoms with Crippen LogP contribution >= 0.6 is 11.8 Å². The zero-order valence-electron chi connectivity index (χ0n) is 17.8. The van der Waals surface area contributed by atoms with Crippen LogP contribution in [0.2, 0.25) is 0 Å². The molecule has 3 aromatic carbocycles. The summed E-state index contributed by atoms with van der Waals surface area (Å²) in [5, 5.41) is 19.7. The maximum absolute atomic E-state index is 13.2. The molecule has 1 heterocycles. The SMILES string of the molecule is O=[N+]([O-])c1ccc(-n2c(CNS(=O)(=O)c3ccc(F)cc3)nnc2SCc2ccc(F)cc2)cc1. The molecule has 4 aromatic rings. The fourth-order valence-corrected chi connectivity index (χ4v) is 4.98. The first-order valence-corrected chi connectivity index (χ1v) is 12.5. The summed E-state index contributed by atoms with van der Waals surface area (Å²) in [5.41, 5.74) is 1.20. The number of benzene rings is 3. The number of nitro benzene ring substituents is 1. The summed E-state index contributed by atoms with van der Waals surface area (Å²) in [7, 11) is -3.97. The Hall–Kier alpha value is -3.68. The van der Waals surface area contributed by atoms with Crippen LogP contribution in [0, 0.1) is 21.7 Å². The van der Waals surface area contributed by atoms with E-state index in [0.29, 0.717) is 16.6 Å². The molecule has 13 heteroatoms. The summed E-state index contributed by atoms with van der Waals surface area (Å²) >= 11 is 1.28. The lowest BCUT2D eigenvalue weighted by molar-refractivity contribution is -0.384. The molecule has 0 aliphatic heterocycles. The molecule has 0 saturated heterocycles. The zero-order chi connectivity index (χ0) is 25.0. The Balaban J connectivity index is 1.62. The van der Waals surface area contributed by atoms with Gasteiger partial charge in [0, 0.05) is 23.6 Å². The van der Waals surface area contributed by atoms with Crippen LogP contribution in [0.3, 0.4) is 0 Å². The first kappa shape index (κ1) is 24.4. The van der Waals surface area contributed by atoms with Crippen molar-refractivity contribution in [1.29, 1.82) is 0 Å². The molecular formula is C22H17F2N5O4S2. The van der Waals surface area contributed by atoms with Crippen LogP contribution in [0.25, 0.3) is 5.69 Å². The largest absolute Gasteiger partial charge is 0.273 e. The molecule has 0 atom stereocenters. The van der Waals surface area contributed by atoms with Crippen LogP contribution in [-0.4, -0.2) is 28.1 Å². The number of halogens is 2. The van der Waals surface area contributed by atoms with Crippen LogP contribution in [0.4, 0.5) is 14.5 Å². The van der Waals surface area contributed by atoms with E-state index in [4.69, 9.17) is 0 Å². The number of aromatic nitrogens is 3. The highest BCUT2D eigenvalue weighted by Gasteiger charge is 2.20. The molecule has 0 radical (unpaired) electrons. The standard InChI is InChI=1S/C22H17F2N5O4S2/c23-16-3-1-15(2-4-16)14-34-22-27-26-21(28(22)18-7-9-19(10-8-18)29(30)31)13-25-35(32,33)20-11-5-17(24)6-12-20/h1-12,25H,13-14H2. The summed E-state index contributed by atoms with van der Waals surface area (Å²) in [4.78, 5) is 10.4. The van der Waals surface area contributed by atoms with Crippen molar-refractivity contribution in [1.82, 2.24) is 19.5 Å². The molecule has 180 valence electrons. The lowest BCUT2D eigenvalue weighted by atomic mass is 10.2. The van der Waals surface area contributed by atoms with Crippen molar-refractivity contribution in [2.75, 3.05) is 0 Å². The molecule has 1 N–H and O–H groups in total. The number of hydrogen-bond acceptors (Lipinski definition) is 7. The van der Waals surface area contributed by atoms with E-state index < -0.39 is 20.8 Å². The second-order valence-corrected chi connectivity index (χ2v) is 9.91. The number of nitrogens with one attached hydrogen (secondary N) is 1. The van der Waals surface area contributed by atoms with Crippen molar-refractivity contribution in [2.24, 2.45) is 0 Å². The number of sulfonamides is 1. The summed E-state index contributed by atoms with van der Waals surface area (Å²) in [5.74, 6) is -0.272. The Morgan fingerprint density at radius 2 is 1.51 bits per heavy atom. The van der Waals surface area contributed by atoms with Gasteiger partial charge in [0.05, 0.1) is 16.4 Å². The van der Waals surface area contributed by atoms with Gasteiger partial charge in [0.25, 0.3) is 5.69 Å². The van der Waals surface area contributed by atoms with Crippen LogP contribution in [0.5, 0.6) is 0 Å². The van der Waals surface area contributed by atoms with Crippen molar-refractivity contribution in [3.63, 3.8) is 0 Å². The molecule has 0 aliphatic carbocycles. The fraction of sp³-hybridized carbons (Fsp3) is 0.0909. The van der Waals surface area contributed by atoms with E-state index in [-0.39, 0.29) is 28.8 Å². The van der Waals surface area contributed by atoms with Gasteiger partial charge in [0.15, 0.2) is 11.0 Å². The minimum absolute atomic E-state index is 0.110. The van der Waals surface area contributed by atoms with Crippen molar-refractivity contribution in [3.8, 4) is 5.69 Å². The number of rotatable bonds is 9. The molecular weight excluding hydrogens is 500 g/mol. The normalized spacial score (nSPS) is 11.5. The van der Waals surface area contributed by atoms with E-state index in [1.807, 2.05) is 0 Å². The lowest BCUT2D eigenvalue weighted by Gasteiger charge is -2.11. The van der Waals surface area contributed by atoms with Crippen LogP contribution in [0.15, 0.2) is 82.8 Å². The van der Waals surface area contributed by atoms with Gasteiger partial charge in [-0.15, -0.1) is 10.2 Å². The third-order valence-electron chi connectivity index (χ3n) is 4.84. The molecule has 0 bridgehead atoms. The summed E-state index contributed by atoms with van der Waals surface area (Å²) in [6.07, 6.45) is 0. The minimum atomic E-state index is -3.97. The molecule has 0 saturated carbocycles. The molecule has 1 aromatic heterocycles. The monoisotopic (exact) mass is 517 g/mol. The Morgan fingerprint density at radius 3 is 2.11 bits per heavy atom. The van der Waals surface area contributed by atoms with E-state index in [9.17, 15) is 27.3 Å². The van der Waals surface area contributed by atoms with Gasteiger partial charge in [0.1, 0.15) is 11.6 Å². The average molecular weight is 518 g/mol. The maximum Gasteiger partial charge on any atom is 0.269 e. The Labute approximate surface area is 203 Å². The van der Waals surface area contributed by atoms with Gasteiger partial charge in [-0.25, -0.2) is 21.9 Å². The summed E-state index contributed by atoms with van der Waals surface area (Å²) < 4.78 is 55.6. The van der Waals surface area contributed by atoms with Crippen LogP contribution < -0.4 is 4.72 Å². The molecule has 0 spiro atoms. The molecule has 0 unspecified atom stereocenters. The van der Waals surface area contributed by atoms with Gasteiger partial charge in [-0.2, -0.15) is 0 Å². The van der Waals surface area contributed by atoms with Gasteiger partial charge in [0.2, 0.25) is 10.0 Å². The molecule has 9 nitrogen and oxygen atoms in total. The van der Waals surface area contributed by atoms with E-state index in [0.717, 1.165) is 29.8 Å². The van der Waals surface area contributed by atoms with E-state index >= 15 is 0 Å². The number of hydrogen-bond donors (Lipinski definition) is 1. The number of nitrogens with zero attached hydrogens (tertiary/aromatic N) is 4. The smallest absolute Gasteiger partial charge is 0.269 e. The Kier molecular flexibility index (Phi) is 7.19. The van der Waals surface area contributed by atoms with Gasteiger partial charge in [-0.05, 0) is 54.1 Å². The van der Waals surface area contributed by atoms with Crippen LogP contribution in [0.1, 0.15) is 11.4 Å². The van der Waals surface area contributed by atoms with Crippen molar-refractivity contribution >= 4 is 27.5 Å². The van der Waals surface area contributed by atoms with Gasteiger partial charge >= 0.3 is 0 Å². The van der Waals surface area contributed by atoms with Crippen molar-refractivity contribution in [2.45, 2.75) is 22.3 Å². The minimum Gasteiger partial charge on any atom is -0.273 e. The summed E-state index contributed by atoms with van der Waals surface area (Å²) in [6.45, 7) is -0.249. The molecule has 0 fully saturated rings. The highest BCUT2D eigenvalue weighted by molar-refractivity contribution is 7.98. The van der Waals surface area contributed by atoms with Crippen molar-refractivity contribution in [3.05, 3.63) is 106 Å². The van der Waals surface area contributed by atoms with Gasteiger partial charge < -0.3 is 0 Å². The van der Waals surface area contributed by atoms with E-state index in [1.54, 1.807) is 16.7 Å².